The summed E-state index contributed by atoms with van der Waals surface area (Å²) in [5.41, 5.74) is 1.94. The number of hydrogen-bond donors (Lipinski definition) is 1. The molecule has 3 rings (SSSR count). The highest BCUT2D eigenvalue weighted by Gasteiger charge is 2.22. The molecule has 0 fully saturated rings. The summed E-state index contributed by atoms with van der Waals surface area (Å²) in [7, 11) is 0. The summed E-state index contributed by atoms with van der Waals surface area (Å²) in [6.07, 6.45) is 1.70. The Morgan fingerprint density at radius 1 is 1.39 bits per heavy atom. The molecule has 0 saturated carbocycles. The van der Waals surface area contributed by atoms with Crippen molar-refractivity contribution >= 4 is 44.3 Å². The van der Waals surface area contributed by atoms with Gasteiger partial charge in [-0.2, -0.15) is 0 Å². The SMILES string of the molecule is CCn1cnc2c(F)c(Cc3ccc(Br)cc3Cl)c(C(=O)COCCO)cc21. The molecule has 0 aliphatic heterocycles. The summed E-state index contributed by atoms with van der Waals surface area (Å²) in [5.74, 6) is -0.893. The third-order valence-corrected chi connectivity index (χ3v) is 5.29. The maximum Gasteiger partial charge on any atom is 0.188 e. The largest absolute Gasteiger partial charge is 0.394 e. The molecule has 0 saturated heterocycles. The topological polar surface area (TPSA) is 64.4 Å². The highest BCUT2D eigenvalue weighted by Crippen LogP contribution is 2.30. The minimum absolute atomic E-state index is 0.0389. The first kappa shape index (κ1) is 20.9. The van der Waals surface area contributed by atoms with Gasteiger partial charge in [0.05, 0.1) is 25.1 Å². The lowest BCUT2D eigenvalue weighted by molar-refractivity contribution is 0.0663. The van der Waals surface area contributed by atoms with Crippen molar-refractivity contribution in [2.75, 3.05) is 19.8 Å². The molecule has 28 heavy (non-hydrogen) atoms. The molecule has 1 heterocycles. The van der Waals surface area contributed by atoms with Crippen LogP contribution in [0.4, 0.5) is 4.39 Å². The second-order valence-electron chi connectivity index (χ2n) is 6.23. The van der Waals surface area contributed by atoms with Crippen molar-refractivity contribution in [3.63, 3.8) is 0 Å². The Morgan fingerprint density at radius 2 is 2.18 bits per heavy atom. The van der Waals surface area contributed by atoms with Crippen molar-refractivity contribution in [1.82, 2.24) is 9.55 Å². The lowest BCUT2D eigenvalue weighted by Gasteiger charge is -2.13. The van der Waals surface area contributed by atoms with Crippen molar-refractivity contribution in [3.8, 4) is 0 Å². The first-order chi connectivity index (χ1) is 13.5. The molecule has 3 aromatic rings. The van der Waals surface area contributed by atoms with Gasteiger partial charge in [0.15, 0.2) is 11.6 Å². The van der Waals surface area contributed by atoms with Gasteiger partial charge in [-0.05, 0) is 30.7 Å². The molecule has 0 spiro atoms. The zero-order valence-corrected chi connectivity index (χ0v) is 17.6. The van der Waals surface area contributed by atoms with Crippen LogP contribution < -0.4 is 0 Å². The number of rotatable bonds is 8. The maximum atomic E-state index is 15.4. The molecule has 0 aliphatic rings. The maximum absolute atomic E-state index is 15.4. The number of nitrogens with zero attached hydrogens (tertiary/aromatic N) is 2. The van der Waals surface area contributed by atoms with Gasteiger partial charge in [-0.1, -0.05) is 33.6 Å². The summed E-state index contributed by atoms with van der Waals surface area (Å²) in [5, 5.41) is 9.33. The van der Waals surface area contributed by atoms with Gasteiger partial charge in [-0.3, -0.25) is 4.79 Å². The van der Waals surface area contributed by atoms with Crippen LogP contribution in [0.15, 0.2) is 35.1 Å². The second kappa shape index (κ2) is 9.13. The van der Waals surface area contributed by atoms with Crippen LogP contribution in [0, 0.1) is 5.82 Å². The smallest absolute Gasteiger partial charge is 0.188 e. The van der Waals surface area contributed by atoms with Gasteiger partial charge in [-0.15, -0.1) is 0 Å². The molecule has 0 atom stereocenters. The fourth-order valence-electron chi connectivity index (χ4n) is 3.03. The first-order valence-corrected chi connectivity index (χ1v) is 9.95. The van der Waals surface area contributed by atoms with Crippen molar-refractivity contribution < 1.29 is 19.0 Å². The van der Waals surface area contributed by atoms with Crippen LogP contribution in [0.25, 0.3) is 11.0 Å². The molecule has 148 valence electrons. The van der Waals surface area contributed by atoms with Gasteiger partial charge in [0.1, 0.15) is 12.1 Å². The Labute approximate surface area is 175 Å². The average Bonchev–Trinajstić information content (AvgIpc) is 3.09. The molecule has 1 aromatic heterocycles. The zero-order chi connectivity index (χ0) is 20.3. The van der Waals surface area contributed by atoms with Crippen molar-refractivity contribution in [1.29, 1.82) is 0 Å². The standard InChI is InChI=1S/C20H19BrClFN2O3/c1-2-25-11-24-20-17(25)9-14(18(27)10-28-6-5-26)15(19(20)23)7-12-3-4-13(21)8-16(12)22/h3-4,8-9,11,26H,2,5-7,10H2,1H3. The van der Waals surface area contributed by atoms with Gasteiger partial charge in [-0.25, -0.2) is 9.37 Å². The zero-order valence-electron chi connectivity index (χ0n) is 15.2. The minimum Gasteiger partial charge on any atom is -0.394 e. The molecular weight excluding hydrogens is 451 g/mol. The lowest BCUT2D eigenvalue weighted by atomic mass is 9.95. The predicted molar refractivity (Wildman–Crippen MR) is 110 cm³/mol. The number of carbonyl (C=O) groups excluding carboxylic acids is 1. The number of aliphatic hydroxyl groups excluding tert-OH is 1. The number of carbonyl (C=O) groups is 1. The third kappa shape index (κ3) is 4.27. The normalized spacial score (nSPS) is 11.3. The summed E-state index contributed by atoms with van der Waals surface area (Å²) in [6, 6.07) is 6.99. The van der Waals surface area contributed by atoms with Crippen LogP contribution >= 0.6 is 27.5 Å². The Bertz CT molecular complexity index is 1020. The summed E-state index contributed by atoms with van der Waals surface area (Å²) in [6.45, 7) is 2.12. The fourth-order valence-corrected chi connectivity index (χ4v) is 3.77. The molecule has 0 bridgehead atoms. The molecule has 2 aromatic carbocycles. The van der Waals surface area contributed by atoms with E-state index in [-0.39, 0.29) is 48.7 Å². The molecular formula is C20H19BrClFN2O3. The third-order valence-electron chi connectivity index (χ3n) is 4.45. The summed E-state index contributed by atoms with van der Waals surface area (Å²) in [4.78, 5) is 16.9. The van der Waals surface area contributed by atoms with E-state index in [0.29, 0.717) is 22.6 Å². The lowest BCUT2D eigenvalue weighted by Crippen LogP contribution is -2.15. The van der Waals surface area contributed by atoms with Crippen LogP contribution in [0.1, 0.15) is 28.4 Å². The first-order valence-electron chi connectivity index (χ1n) is 8.78. The molecule has 8 heteroatoms. The van der Waals surface area contributed by atoms with E-state index in [9.17, 15) is 4.79 Å². The van der Waals surface area contributed by atoms with E-state index in [0.717, 1.165) is 4.47 Å². The van der Waals surface area contributed by atoms with Gasteiger partial charge < -0.3 is 14.4 Å². The van der Waals surface area contributed by atoms with E-state index < -0.39 is 5.82 Å². The van der Waals surface area contributed by atoms with Crippen molar-refractivity contribution in [3.05, 3.63) is 62.6 Å². The average molecular weight is 470 g/mol. The van der Waals surface area contributed by atoms with E-state index in [1.807, 2.05) is 13.0 Å². The van der Waals surface area contributed by atoms with Crippen LogP contribution in [0.5, 0.6) is 0 Å². The molecule has 0 radical (unpaired) electrons. The minimum atomic E-state index is -0.533. The summed E-state index contributed by atoms with van der Waals surface area (Å²) < 4.78 is 23.1. The number of Topliss-reactive ketones (excluding diaryl/α,β-unsaturated/α-hetero) is 1. The number of imidazole rings is 1. The Morgan fingerprint density at radius 3 is 2.86 bits per heavy atom. The second-order valence-corrected chi connectivity index (χ2v) is 7.55. The number of aromatic nitrogens is 2. The van der Waals surface area contributed by atoms with Crippen LogP contribution in [0.3, 0.4) is 0 Å². The Hall–Kier alpha value is -1.80. The number of ketones is 1. The number of fused-ring (bicyclic) bond motifs is 1. The fraction of sp³-hybridized carbons (Fsp3) is 0.300. The van der Waals surface area contributed by atoms with Gasteiger partial charge in [0, 0.05) is 33.6 Å². The van der Waals surface area contributed by atoms with E-state index in [4.69, 9.17) is 21.4 Å². The van der Waals surface area contributed by atoms with Crippen LogP contribution in [-0.2, 0) is 17.7 Å². The quantitative estimate of drug-likeness (QED) is 0.392. The highest BCUT2D eigenvalue weighted by molar-refractivity contribution is 9.10. The predicted octanol–water partition coefficient (Wildman–Crippen LogP) is 4.39. The number of halogens is 3. The molecule has 5 nitrogen and oxygen atoms in total. The van der Waals surface area contributed by atoms with E-state index in [1.54, 1.807) is 29.1 Å². The Kier molecular flexibility index (Phi) is 6.82. The molecule has 0 aliphatic carbocycles. The molecule has 1 N–H and O–H groups in total. The van der Waals surface area contributed by atoms with E-state index in [1.165, 1.54) is 0 Å². The molecule has 0 unspecified atom stereocenters. The van der Waals surface area contributed by atoms with Gasteiger partial charge >= 0.3 is 0 Å². The van der Waals surface area contributed by atoms with E-state index in [2.05, 4.69) is 20.9 Å². The van der Waals surface area contributed by atoms with E-state index >= 15 is 4.39 Å². The van der Waals surface area contributed by atoms with Gasteiger partial charge in [0.25, 0.3) is 0 Å². The number of benzene rings is 2. The number of aryl methyl sites for hydroxylation is 1. The molecule has 0 amide bonds. The number of hydrogen-bond acceptors (Lipinski definition) is 4. The van der Waals surface area contributed by atoms with Crippen LogP contribution in [-0.4, -0.2) is 40.3 Å². The van der Waals surface area contributed by atoms with Crippen molar-refractivity contribution in [2.45, 2.75) is 19.9 Å². The highest BCUT2D eigenvalue weighted by atomic mass is 79.9. The number of aliphatic hydroxyl groups is 1. The van der Waals surface area contributed by atoms with Gasteiger partial charge in [0.2, 0.25) is 0 Å². The van der Waals surface area contributed by atoms with Crippen LogP contribution in [0.2, 0.25) is 5.02 Å². The number of ether oxygens (including phenoxy) is 1. The monoisotopic (exact) mass is 468 g/mol. The Balaban J connectivity index is 2.11. The van der Waals surface area contributed by atoms with Crippen molar-refractivity contribution in [2.24, 2.45) is 0 Å². The summed E-state index contributed by atoms with van der Waals surface area (Å²) >= 11 is 9.65.